The van der Waals surface area contributed by atoms with Crippen molar-refractivity contribution in [2.24, 2.45) is 5.92 Å². The van der Waals surface area contributed by atoms with Crippen LogP contribution in [0.2, 0.25) is 0 Å². The molecule has 4 rings (SSSR count). The minimum Gasteiger partial charge on any atom is -0.339 e. The molecule has 1 unspecified atom stereocenters. The molecule has 0 aromatic carbocycles. The predicted octanol–water partition coefficient (Wildman–Crippen LogP) is 2.46. The number of pyridine rings is 1. The van der Waals surface area contributed by atoms with Crippen LogP contribution >= 0.6 is 11.3 Å². The van der Waals surface area contributed by atoms with Crippen LogP contribution in [-0.2, 0) is 9.59 Å². The molecule has 24 heavy (non-hydrogen) atoms. The number of rotatable bonds is 4. The number of likely N-dealkylation sites (tertiary alicyclic amines) is 1. The van der Waals surface area contributed by atoms with Crippen molar-refractivity contribution in [2.45, 2.75) is 32.2 Å². The highest BCUT2D eigenvalue weighted by Gasteiger charge is 2.41. The summed E-state index contributed by atoms with van der Waals surface area (Å²) in [6.45, 7) is 2.44. The summed E-state index contributed by atoms with van der Waals surface area (Å²) in [5.41, 5.74) is 1.69. The van der Waals surface area contributed by atoms with Gasteiger partial charge in [-0.25, -0.2) is 4.98 Å². The van der Waals surface area contributed by atoms with E-state index in [1.807, 2.05) is 30.0 Å². The summed E-state index contributed by atoms with van der Waals surface area (Å²) in [6.07, 6.45) is 4.18. The maximum atomic E-state index is 12.5. The van der Waals surface area contributed by atoms with Gasteiger partial charge in [0.05, 0.1) is 22.2 Å². The second-order valence-electron chi connectivity index (χ2n) is 6.32. The molecule has 1 atom stereocenters. The average Bonchev–Trinajstić information content (AvgIpc) is 3.25. The van der Waals surface area contributed by atoms with E-state index in [4.69, 9.17) is 0 Å². The Bertz CT molecular complexity index is 785. The summed E-state index contributed by atoms with van der Waals surface area (Å²) in [7, 11) is 0. The van der Waals surface area contributed by atoms with Crippen molar-refractivity contribution >= 4 is 28.3 Å². The van der Waals surface area contributed by atoms with E-state index in [9.17, 15) is 9.59 Å². The van der Waals surface area contributed by atoms with Gasteiger partial charge in [0.2, 0.25) is 11.8 Å². The Balaban J connectivity index is 1.46. The van der Waals surface area contributed by atoms with Crippen molar-refractivity contribution in [1.82, 2.24) is 14.9 Å². The lowest BCUT2D eigenvalue weighted by Gasteiger charge is -2.14. The van der Waals surface area contributed by atoms with Gasteiger partial charge in [-0.2, -0.15) is 0 Å². The number of anilines is 1. The first kappa shape index (κ1) is 15.3. The Morgan fingerprint density at radius 2 is 2.21 bits per heavy atom. The molecule has 7 heteroatoms. The van der Waals surface area contributed by atoms with Crippen LogP contribution < -0.4 is 5.32 Å². The maximum Gasteiger partial charge on any atom is 0.231 e. The first-order chi connectivity index (χ1) is 11.6. The summed E-state index contributed by atoms with van der Waals surface area (Å²) in [5.74, 6) is -0.296. The molecule has 6 nitrogen and oxygen atoms in total. The molecule has 1 aliphatic carbocycles. The lowest BCUT2D eigenvalue weighted by molar-refractivity contribution is -0.128. The van der Waals surface area contributed by atoms with Crippen LogP contribution in [0.4, 0.5) is 5.13 Å². The molecule has 2 amide bonds. The number of hydrogen-bond acceptors (Lipinski definition) is 5. The zero-order valence-corrected chi connectivity index (χ0v) is 14.2. The molecular formula is C17H18N4O2S. The van der Waals surface area contributed by atoms with E-state index < -0.39 is 0 Å². The minimum atomic E-state index is -0.277. The molecule has 2 aromatic rings. The van der Waals surface area contributed by atoms with Gasteiger partial charge in [-0.05, 0) is 31.9 Å². The van der Waals surface area contributed by atoms with Gasteiger partial charge in [-0.1, -0.05) is 17.4 Å². The Morgan fingerprint density at radius 3 is 2.92 bits per heavy atom. The molecule has 124 valence electrons. The first-order valence-electron chi connectivity index (χ1n) is 8.11. The van der Waals surface area contributed by atoms with Crippen LogP contribution in [0.5, 0.6) is 0 Å². The molecule has 1 aliphatic heterocycles. The third-order valence-corrected chi connectivity index (χ3v) is 5.54. The quantitative estimate of drug-likeness (QED) is 0.926. The van der Waals surface area contributed by atoms with Gasteiger partial charge in [0, 0.05) is 25.2 Å². The second kappa shape index (κ2) is 5.98. The molecule has 2 aliphatic rings. The SMILES string of the molecule is Cc1nc(NC(=O)C2CC(=O)N(C3CC3)C2)sc1-c1ccccn1. The van der Waals surface area contributed by atoms with Crippen molar-refractivity contribution < 1.29 is 9.59 Å². The maximum absolute atomic E-state index is 12.5. The lowest BCUT2D eigenvalue weighted by Crippen LogP contribution is -2.29. The standard InChI is InChI=1S/C17H18N4O2S/c1-10-15(13-4-2-3-7-18-13)24-17(19-10)20-16(23)11-8-14(22)21(9-11)12-5-6-12/h2-4,7,11-12H,5-6,8-9H2,1H3,(H,19,20,23). The number of carbonyl (C=O) groups is 2. The fourth-order valence-electron chi connectivity index (χ4n) is 3.04. The number of aromatic nitrogens is 2. The second-order valence-corrected chi connectivity index (χ2v) is 7.32. The Hall–Kier alpha value is -2.28. The van der Waals surface area contributed by atoms with Gasteiger partial charge in [0.1, 0.15) is 0 Å². The number of hydrogen-bond donors (Lipinski definition) is 1. The van der Waals surface area contributed by atoms with E-state index in [2.05, 4.69) is 15.3 Å². The van der Waals surface area contributed by atoms with Crippen molar-refractivity contribution in [3.05, 3.63) is 30.1 Å². The number of nitrogens with zero attached hydrogens (tertiary/aromatic N) is 3. The Kier molecular flexibility index (Phi) is 3.80. The number of thiazole rings is 1. The zero-order valence-electron chi connectivity index (χ0n) is 13.4. The molecule has 3 heterocycles. The van der Waals surface area contributed by atoms with Crippen LogP contribution in [0, 0.1) is 12.8 Å². The van der Waals surface area contributed by atoms with Gasteiger partial charge in [0.25, 0.3) is 0 Å². The van der Waals surface area contributed by atoms with Gasteiger partial charge < -0.3 is 10.2 Å². The number of aryl methyl sites for hydroxylation is 1. The first-order valence-corrected chi connectivity index (χ1v) is 8.92. The van der Waals surface area contributed by atoms with E-state index in [1.54, 1.807) is 6.20 Å². The third-order valence-electron chi connectivity index (χ3n) is 4.44. The predicted molar refractivity (Wildman–Crippen MR) is 91.6 cm³/mol. The number of nitrogens with one attached hydrogen (secondary N) is 1. The fraction of sp³-hybridized carbons (Fsp3) is 0.412. The minimum absolute atomic E-state index is 0.0992. The van der Waals surface area contributed by atoms with Crippen molar-refractivity contribution in [1.29, 1.82) is 0 Å². The molecular weight excluding hydrogens is 324 g/mol. The number of carbonyl (C=O) groups excluding carboxylic acids is 2. The topological polar surface area (TPSA) is 75.2 Å². The van der Waals surface area contributed by atoms with Crippen LogP contribution in [-0.4, -0.2) is 39.3 Å². The van der Waals surface area contributed by atoms with E-state index in [0.717, 1.165) is 29.1 Å². The van der Waals surface area contributed by atoms with Crippen molar-refractivity contribution in [2.75, 3.05) is 11.9 Å². The largest absolute Gasteiger partial charge is 0.339 e. The average molecular weight is 342 g/mol. The van der Waals surface area contributed by atoms with E-state index in [0.29, 0.717) is 24.1 Å². The number of amides is 2. The summed E-state index contributed by atoms with van der Waals surface area (Å²) >= 11 is 1.42. The van der Waals surface area contributed by atoms with Gasteiger partial charge in [-0.3, -0.25) is 14.6 Å². The molecule has 1 saturated carbocycles. The highest BCUT2D eigenvalue weighted by Crippen LogP contribution is 2.34. The van der Waals surface area contributed by atoms with Crippen LogP contribution in [0.3, 0.4) is 0 Å². The molecule has 0 spiro atoms. The van der Waals surface area contributed by atoms with Gasteiger partial charge in [-0.15, -0.1) is 0 Å². The molecule has 1 saturated heterocycles. The molecule has 2 fully saturated rings. The van der Waals surface area contributed by atoms with Crippen molar-refractivity contribution in [3.63, 3.8) is 0 Å². The summed E-state index contributed by atoms with van der Waals surface area (Å²) < 4.78 is 0. The Labute approximate surface area is 143 Å². The zero-order chi connectivity index (χ0) is 16.7. The summed E-state index contributed by atoms with van der Waals surface area (Å²) in [5, 5.41) is 3.44. The van der Waals surface area contributed by atoms with E-state index in [-0.39, 0.29) is 17.7 Å². The summed E-state index contributed by atoms with van der Waals surface area (Å²) in [4.78, 5) is 36.0. The normalized spacial score (nSPS) is 20.5. The molecule has 0 bridgehead atoms. The third kappa shape index (κ3) is 2.91. The van der Waals surface area contributed by atoms with Crippen molar-refractivity contribution in [3.8, 4) is 10.6 Å². The monoisotopic (exact) mass is 342 g/mol. The summed E-state index contributed by atoms with van der Waals surface area (Å²) in [6, 6.07) is 6.09. The van der Waals surface area contributed by atoms with Crippen LogP contribution in [0.25, 0.3) is 10.6 Å². The fourth-order valence-corrected chi connectivity index (χ4v) is 3.98. The molecule has 1 N–H and O–H groups in total. The van der Waals surface area contributed by atoms with Gasteiger partial charge >= 0.3 is 0 Å². The smallest absolute Gasteiger partial charge is 0.231 e. The highest BCUT2D eigenvalue weighted by atomic mass is 32.1. The molecule has 0 radical (unpaired) electrons. The Morgan fingerprint density at radius 1 is 1.38 bits per heavy atom. The van der Waals surface area contributed by atoms with Crippen LogP contribution in [0.15, 0.2) is 24.4 Å². The lowest BCUT2D eigenvalue weighted by atomic mass is 10.1. The van der Waals surface area contributed by atoms with Crippen LogP contribution in [0.1, 0.15) is 25.0 Å². The highest BCUT2D eigenvalue weighted by molar-refractivity contribution is 7.19. The van der Waals surface area contributed by atoms with E-state index >= 15 is 0 Å². The van der Waals surface area contributed by atoms with Gasteiger partial charge in [0.15, 0.2) is 5.13 Å². The van der Waals surface area contributed by atoms with E-state index in [1.165, 1.54) is 11.3 Å². The molecule has 2 aromatic heterocycles.